The van der Waals surface area contributed by atoms with E-state index >= 15 is 0 Å². The van der Waals surface area contributed by atoms with E-state index < -0.39 is 72.7 Å². The van der Waals surface area contributed by atoms with Gasteiger partial charge in [-0.25, -0.2) is 28.6 Å². The summed E-state index contributed by atoms with van der Waals surface area (Å²) in [5.41, 5.74) is 5.98. The van der Waals surface area contributed by atoms with E-state index in [4.69, 9.17) is 10.5 Å². The number of aliphatic hydroxyl groups is 2. The molecule has 0 aliphatic carbocycles. The van der Waals surface area contributed by atoms with E-state index in [1.54, 1.807) is 0 Å². The van der Waals surface area contributed by atoms with Crippen LogP contribution in [-0.2, 0) is 36.1 Å². The fourth-order valence-electron chi connectivity index (χ4n) is 2.87. The molecule has 24 heteroatoms. The molecule has 1 fully saturated rings. The van der Waals surface area contributed by atoms with Crippen LogP contribution in [0.25, 0.3) is 11.2 Å². The molecule has 0 bridgehead atoms. The summed E-state index contributed by atoms with van der Waals surface area (Å²) in [5.74, 6) is 0.0243. The van der Waals surface area contributed by atoms with E-state index in [2.05, 4.69) is 32.6 Å². The van der Waals surface area contributed by atoms with Crippen LogP contribution in [0.1, 0.15) is 6.23 Å². The predicted molar refractivity (Wildman–Crippen MR) is 111 cm³/mol. The van der Waals surface area contributed by atoms with E-state index in [1.165, 1.54) is 10.9 Å². The second-order valence-electron chi connectivity index (χ2n) is 6.88. The van der Waals surface area contributed by atoms with Crippen LogP contribution in [0.3, 0.4) is 0 Å². The average Bonchev–Trinajstić information content (AvgIpc) is 3.27. The number of phosphoric ester groups is 2. The first-order valence-corrected chi connectivity index (χ1v) is 13.9. The number of nitrogen functional groups attached to an aromatic ring is 1. The van der Waals surface area contributed by atoms with Crippen molar-refractivity contribution >= 4 is 40.4 Å². The van der Waals surface area contributed by atoms with Crippen LogP contribution < -0.4 is 5.73 Å². The molecule has 0 radical (unpaired) electrons. The number of aliphatic hydroxyl groups excluding tert-OH is 2. The van der Waals surface area contributed by atoms with Crippen molar-refractivity contribution in [3.05, 3.63) is 22.8 Å². The molecule has 1 aliphatic rings. The van der Waals surface area contributed by atoms with Gasteiger partial charge in [-0.3, -0.25) is 23.7 Å². The summed E-state index contributed by atoms with van der Waals surface area (Å²) in [6, 6.07) is 0. The minimum atomic E-state index is -5.81. The lowest BCUT2D eigenvalue weighted by molar-refractivity contribution is -0.481. The van der Waals surface area contributed by atoms with Gasteiger partial charge in [0.1, 0.15) is 36.8 Å². The first-order chi connectivity index (χ1) is 16.6. The third kappa shape index (κ3) is 7.08. The normalized spacial score (nSPS) is 27.4. The minimum absolute atomic E-state index is 0.0243. The molecule has 2 aromatic heterocycles. The SMILES string of the molecule is Nc1ncnc2c1ncn2[C@@H]1O[C@H](COP(=O)(O)OP(=O)(O)OP(=O)(O)OCC[N+](=O)[O-])[C@@H](O)[C@H]1O. The van der Waals surface area contributed by atoms with E-state index in [-0.39, 0.29) is 17.0 Å². The summed E-state index contributed by atoms with van der Waals surface area (Å²) in [4.78, 5) is 49.4. The van der Waals surface area contributed by atoms with Crippen molar-refractivity contribution in [2.45, 2.75) is 24.5 Å². The van der Waals surface area contributed by atoms with Crippen LogP contribution in [0.2, 0.25) is 0 Å². The minimum Gasteiger partial charge on any atom is -0.387 e. The zero-order chi connectivity index (χ0) is 26.9. The van der Waals surface area contributed by atoms with Gasteiger partial charge in [0.05, 0.1) is 12.9 Å². The number of aromatic nitrogens is 4. The quantitative estimate of drug-likeness (QED) is 0.0962. The van der Waals surface area contributed by atoms with Crippen molar-refractivity contribution in [3.8, 4) is 0 Å². The highest BCUT2D eigenvalue weighted by atomic mass is 31.3. The molecule has 3 heterocycles. The lowest BCUT2D eigenvalue weighted by Crippen LogP contribution is -2.33. The number of phosphoric acid groups is 3. The number of ether oxygens (including phenoxy) is 1. The Labute approximate surface area is 199 Å². The monoisotopic (exact) mass is 580 g/mol. The van der Waals surface area contributed by atoms with Crippen molar-refractivity contribution in [1.29, 1.82) is 0 Å². The van der Waals surface area contributed by atoms with Gasteiger partial charge in [-0.15, -0.1) is 0 Å². The summed E-state index contributed by atoms with van der Waals surface area (Å²) in [6.07, 6.45) is -3.87. The molecule has 7 N–H and O–H groups in total. The third-order valence-electron chi connectivity index (χ3n) is 4.34. The maximum Gasteiger partial charge on any atom is 0.490 e. The number of rotatable bonds is 12. The molecule has 2 aromatic rings. The number of nitro groups is 1. The molecule has 1 saturated heterocycles. The van der Waals surface area contributed by atoms with Gasteiger partial charge in [0.25, 0.3) is 0 Å². The molecular weight excluding hydrogens is 561 g/mol. The van der Waals surface area contributed by atoms with Crippen LogP contribution >= 0.6 is 23.5 Å². The summed E-state index contributed by atoms with van der Waals surface area (Å²) in [5, 5.41) is 30.8. The summed E-state index contributed by atoms with van der Waals surface area (Å²) < 4.78 is 58.2. The highest BCUT2D eigenvalue weighted by Gasteiger charge is 2.47. The Morgan fingerprint density at radius 2 is 1.69 bits per heavy atom. The first-order valence-electron chi connectivity index (χ1n) is 9.37. The molecule has 0 aromatic carbocycles. The molecule has 3 unspecified atom stereocenters. The van der Waals surface area contributed by atoms with Gasteiger partial charge < -0.3 is 35.4 Å². The average molecular weight is 580 g/mol. The number of fused-ring (bicyclic) bond motifs is 1. The molecule has 1 aliphatic heterocycles. The maximum absolute atomic E-state index is 12.0. The molecule has 3 rings (SSSR count). The van der Waals surface area contributed by atoms with E-state index in [0.29, 0.717) is 0 Å². The summed E-state index contributed by atoms with van der Waals surface area (Å²) >= 11 is 0. The van der Waals surface area contributed by atoms with Crippen LogP contribution in [0.5, 0.6) is 0 Å². The van der Waals surface area contributed by atoms with Gasteiger partial charge >= 0.3 is 23.5 Å². The first kappa shape index (κ1) is 28.6. The lowest BCUT2D eigenvalue weighted by Gasteiger charge is -2.20. The number of imidazole rings is 1. The molecule has 21 nitrogen and oxygen atoms in total. The summed E-state index contributed by atoms with van der Waals surface area (Å²) in [7, 11) is -16.8. The van der Waals surface area contributed by atoms with Gasteiger partial charge in [0, 0.05) is 4.92 Å². The fraction of sp³-hybridized carbons (Fsp3) is 0.583. The van der Waals surface area contributed by atoms with Crippen molar-refractivity contribution in [2.24, 2.45) is 0 Å². The zero-order valence-corrected chi connectivity index (χ0v) is 20.2. The van der Waals surface area contributed by atoms with Crippen LogP contribution in [-0.4, -0.2) is 87.4 Å². The fourth-order valence-corrected chi connectivity index (χ4v) is 6.37. The van der Waals surface area contributed by atoms with Crippen molar-refractivity contribution in [2.75, 3.05) is 25.5 Å². The second kappa shape index (κ2) is 10.8. The molecule has 202 valence electrons. The number of nitrogens with zero attached hydrogens (tertiary/aromatic N) is 5. The lowest BCUT2D eigenvalue weighted by atomic mass is 10.1. The van der Waals surface area contributed by atoms with Crippen molar-refractivity contribution in [3.63, 3.8) is 0 Å². The van der Waals surface area contributed by atoms with Crippen molar-refractivity contribution in [1.82, 2.24) is 19.5 Å². The Balaban J connectivity index is 1.61. The number of nitrogens with two attached hydrogens (primary N) is 1. The zero-order valence-electron chi connectivity index (χ0n) is 17.6. The largest absolute Gasteiger partial charge is 0.490 e. The molecule has 0 amide bonds. The van der Waals surface area contributed by atoms with Gasteiger partial charge in [0.2, 0.25) is 6.54 Å². The maximum atomic E-state index is 12.0. The molecule has 36 heavy (non-hydrogen) atoms. The Morgan fingerprint density at radius 1 is 1.06 bits per heavy atom. The Bertz CT molecular complexity index is 1260. The topological polar surface area (TPSA) is 311 Å². The van der Waals surface area contributed by atoms with E-state index in [0.717, 1.165) is 6.33 Å². The number of hydrogen-bond acceptors (Lipinski definition) is 16. The Morgan fingerprint density at radius 3 is 2.33 bits per heavy atom. The molecule has 7 atom stereocenters. The van der Waals surface area contributed by atoms with Crippen LogP contribution in [0.4, 0.5) is 5.82 Å². The third-order valence-corrected chi connectivity index (χ3v) is 8.63. The number of hydrogen-bond donors (Lipinski definition) is 6. The standard InChI is InChI=1S/C12H19N6O15P3/c13-10-7-11(15-4-14-10)17(5-16-7)12-9(20)8(19)6(31-12)3-30-35(25,26)33-36(27,28)32-34(23,24)29-2-1-18(21)22/h4-6,8-9,12,19-20H,1-3H2,(H,23,24)(H,25,26)(H,27,28)(H2,13,14,15)/t6-,8-,9-,12-/m1/s1. The van der Waals surface area contributed by atoms with Gasteiger partial charge in [-0.05, 0) is 0 Å². The van der Waals surface area contributed by atoms with Crippen molar-refractivity contribution < 1.29 is 65.9 Å². The van der Waals surface area contributed by atoms with Gasteiger partial charge in [-0.1, -0.05) is 0 Å². The predicted octanol–water partition coefficient (Wildman–Crippen LogP) is -1.33. The summed E-state index contributed by atoms with van der Waals surface area (Å²) in [6.45, 7) is -2.96. The van der Waals surface area contributed by atoms with E-state index in [9.17, 15) is 48.7 Å². The Kier molecular flexibility index (Phi) is 8.58. The molecular formula is C12H19N6O15P3. The second-order valence-corrected chi connectivity index (χ2v) is 11.5. The van der Waals surface area contributed by atoms with Gasteiger partial charge in [0.15, 0.2) is 17.7 Å². The number of anilines is 1. The molecule has 0 saturated carbocycles. The molecule has 0 spiro atoms. The van der Waals surface area contributed by atoms with Gasteiger partial charge in [-0.2, -0.15) is 8.62 Å². The van der Waals surface area contributed by atoms with E-state index in [1.807, 2.05) is 0 Å². The van der Waals surface area contributed by atoms with Crippen LogP contribution in [0.15, 0.2) is 12.7 Å². The Hall–Kier alpha value is -1.96. The smallest absolute Gasteiger partial charge is 0.387 e. The highest BCUT2D eigenvalue weighted by molar-refractivity contribution is 7.66. The van der Waals surface area contributed by atoms with Crippen LogP contribution in [0, 0.1) is 10.1 Å². The highest BCUT2D eigenvalue weighted by Crippen LogP contribution is 2.67.